The van der Waals surface area contributed by atoms with Gasteiger partial charge in [0.2, 0.25) is 0 Å². The fraction of sp³-hybridized carbons (Fsp3) is 1.00. The SMILES string of the molecule is CCC(C)CNC(C)COC1CCOC1. The van der Waals surface area contributed by atoms with Crippen molar-refractivity contribution in [2.75, 3.05) is 26.4 Å². The van der Waals surface area contributed by atoms with Gasteiger partial charge in [0.1, 0.15) is 0 Å². The van der Waals surface area contributed by atoms with Gasteiger partial charge in [-0.2, -0.15) is 0 Å². The van der Waals surface area contributed by atoms with Gasteiger partial charge in [-0.3, -0.25) is 0 Å². The molecule has 3 heteroatoms. The van der Waals surface area contributed by atoms with Crippen molar-refractivity contribution in [3.8, 4) is 0 Å². The monoisotopic (exact) mass is 215 g/mol. The molecule has 0 aromatic carbocycles. The Bertz CT molecular complexity index is 158. The van der Waals surface area contributed by atoms with Crippen LogP contribution in [0.4, 0.5) is 0 Å². The molecule has 1 N–H and O–H groups in total. The van der Waals surface area contributed by atoms with Crippen molar-refractivity contribution >= 4 is 0 Å². The average Bonchev–Trinajstić information content (AvgIpc) is 2.75. The van der Waals surface area contributed by atoms with Crippen LogP contribution < -0.4 is 5.32 Å². The van der Waals surface area contributed by atoms with Crippen molar-refractivity contribution in [2.24, 2.45) is 5.92 Å². The first-order valence-electron chi connectivity index (χ1n) is 6.15. The van der Waals surface area contributed by atoms with Gasteiger partial charge in [-0.25, -0.2) is 0 Å². The zero-order chi connectivity index (χ0) is 11.1. The Morgan fingerprint density at radius 1 is 1.47 bits per heavy atom. The molecule has 90 valence electrons. The highest BCUT2D eigenvalue weighted by molar-refractivity contribution is 4.67. The topological polar surface area (TPSA) is 30.5 Å². The van der Waals surface area contributed by atoms with Gasteiger partial charge in [0, 0.05) is 12.6 Å². The van der Waals surface area contributed by atoms with Crippen molar-refractivity contribution in [1.29, 1.82) is 0 Å². The molecule has 0 spiro atoms. The van der Waals surface area contributed by atoms with Crippen molar-refractivity contribution in [2.45, 2.75) is 45.8 Å². The van der Waals surface area contributed by atoms with E-state index >= 15 is 0 Å². The molecule has 0 radical (unpaired) electrons. The summed E-state index contributed by atoms with van der Waals surface area (Å²) < 4.78 is 11.0. The maximum atomic E-state index is 5.74. The normalized spacial score (nSPS) is 25.4. The Hall–Kier alpha value is -0.120. The lowest BCUT2D eigenvalue weighted by molar-refractivity contribution is 0.0320. The van der Waals surface area contributed by atoms with Crippen LogP contribution in [0.15, 0.2) is 0 Å². The Balaban J connectivity index is 1.99. The molecule has 0 aromatic heterocycles. The van der Waals surface area contributed by atoms with Gasteiger partial charge < -0.3 is 14.8 Å². The van der Waals surface area contributed by atoms with Crippen LogP contribution in [-0.2, 0) is 9.47 Å². The van der Waals surface area contributed by atoms with E-state index in [-0.39, 0.29) is 0 Å². The van der Waals surface area contributed by atoms with Crippen LogP contribution in [0.5, 0.6) is 0 Å². The molecule has 0 aromatic rings. The summed E-state index contributed by atoms with van der Waals surface area (Å²) in [6.45, 7) is 10.2. The first-order chi connectivity index (χ1) is 7.22. The Morgan fingerprint density at radius 3 is 2.87 bits per heavy atom. The minimum atomic E-state index is 0.331. The van der Waals surface area contributed by atoms with Gasteiger partial charge >= 0.3 is 0 Å². The van der Waals surface area contributed by atoms with Crippen molar-refractivity contribution in [1.82, 2.24) is 5.32 Å². The summed E-state index contributed by atoms with van der Waals surface area (Å²) in [5.74, 6) is 0.752. The van der Waals surface area contributed by atoms with Gasteiger partial charge in [-0.15, -0.1) is 0 Å². The molecule has 0 aliphatic carbocycles. The third-order valence-electron chi connectivity index (χ3n) is 2.98. The van der Waals surface area contributed by atoms with Gasteiger partial charge in [0.05, 0.1) is 19.3 Å². The lowest BCUT2D eigenvalue weighted by Gasteiger charge is -2.18. The van der Waals surface area contributed by atoms with Gasteiger partial charge in [-0.1, -0.05) is 20.3 Å². The highest BCUT2D eigenvalue weighted by atomic mass is 16.5. The molecule has 3 nitrogen and oxygen atoms in total. The van der Waals surface area contributed by atoms with E-state index in [2.05, 4.69) is 26.1 Å². The molecule has 0 saturated carbocycles. The third-order valence-corrected chi connectivity index (χ3v) is 2.98. The third kappa shape index (κ3) is 5.50. The summed E-state index contributed by atoms with van der Waals surface area (Å²) >= 11 is 0. The van der Waals surface area contributed by atoms with Crippen molar-refractivity contribution in [3.05, 3.63) is 0 Å². The minimum Gasteiger partial charge on any atom is -0.379 e. The molecule has 1 saturated heterocycles. The van der Waals surface area contributed by atoms with E-state index in [4.69, 9.17) is 9.47 Å². The molecular weight excluding hydrogens is 190 g/mol. The summed E-state index contributed by atoms with van der Waals surface area (Å²) in [6, 6.07) is 0.444. The number of hydrogen-bond acceptors (Lipinski definition) is 3. The molecule has 0 bridgehead atoms. The summed E-state index contributed by atoms with van der Waals surface area (Å²) in [5.41, 5.74) is 0. The second kappa shape index (κ2) is 7.20. The molecular formula is C12H25NO2. The fourth-order valence-electron chi connectivity index (χ4n) is 1.53. The lowest BCUT2D eigenvalue weighted by atomic mass is 10.1. The lowest BCUT2D eigenvalue weighted by Crippen LogP contribution is -2.35. The van der Waals surface area contributed by atoms with Gasteiger partial charge in [-0.05, 0) is 25.8 Å². The first kappa shape index (κ1) is 12.9. The average molecular weight is 215 g/mol. The molecule has 3 unspecified atom stereocenters. The zero-order valence-corrected chi connectivity index (χ0v) is 10.3. The van der Waals surface area contributed by atoms with Crippen LogP contribution in [0.3, 0.4) is 0 Å². The smallest absolute Gasteiger partial charge is 0.0831 e. The number of ether oxygens (including phenoxy) is 2. The molecule has 1 rings (SSSR count). The molecule has 1 heterocycles. The molecule has 1 fully saturated rings. The molecule has 1 aliphatic heterocycles. The quantitative estimate of drug-likeness (QED) is 0.702. The van der Waals surface area contributed by atoms with E-state index in [1.807, 2.05) is 0 Å². The van der Waals surface area contributed by atoms with E-state index in [1.165, 1.54) is 6.42 Å². The van der Waals surface area contributed by atoms with E-state index < -0.39 is 0 Å². The van der Waals surface area contributed by atoms with Crippen LogP contribution in [0.25, 0.3) is 0 Å². The van der Waals surface area contributed by atoms with Crippen LogP contribution in [0, 0.1) is 5.92 Å². The predicted molar refractivity (Wildman–Crippen MR) is 62.1 cm³/mol. The van der Waals surface area contributed by atoms with Crippen LogP contribution in [0.2, 0.25) is 0 Å². The highest BCUT2D eigenvalue weighted by Gasteiger charge is 2.16. The fourth-order valence-corrected chi connectivity index (χ4v) is 1.53. The van der Waals surface area contributed by atoms with Gasteiger partial charge in [0.25, 0.3) is 0 Å². The molecule has 1 aliphatic rings. The minimum absolute atomic E-state index is 0.331. The maximum absolute atomic E-state index is 5.74. The highest BCUT2D eigenvalue weighted by Crippen LogP contribution is 2.08. The Kier molecular flexibility index (Phi) is 6.22. The second-order valence-electron chi connectivity index (χ2n) is 4.64. The van der Waals surface area contributed by atoms with E-state index in [9.17, 15) is 0 Å². The summed E-state index contributed by atoms with van der Waals surface area (Å²) in [5, 5.41) is 3.49. The molecule has 3 atom stereocenters. The van der Waals surface area contributed by atoms with Crippen LogP contribution in [0.1, 0.15) is 33.6 Å². The largest absolute Gasteiger partial charge is 0.379 e. The standard InChI is InChI=1S/C12H25NO2/c1-4-10(2)7-13-11(3)8-15-12-5-6-14-9-12/h10-13H,4-9H2,1-3H3. The molecule has 15 heavy (non-hydrogen) atoms. The summed E-state index contributed by atoms with van der Waals surface area (Å²) in [6.07, 6.45) is 2.62. The Morgan fingerprint density at radius 2 is 2.27 bits per heavy atom. The van der Waals surface area contributed by atoms with Crippen molar-refractivity contribution < 1.29 is 9.47 Å². The van der Waals surface area contributed by atoms with E-state index in [1.54, 1.807) is 0 Å². The number of nitrogens with one attached hydrogen (secondary N) is 1. The number of hydrogen-bond donors (Lipinski definition) is 1. The summed E-state index contributed by atoms with van der Waals surface area (Å²) in [7, 11) is 0. The first-order valence-corrected chi connectivity index (χ1v) is 6.15. The Labute approximate surface area is 93.5 Å². The van der Waals surface area contributed by atoms with E-state index in [0.717, 1.165) is 38.7 Å². The van der Waals surface area contributed by atoms with Crippen LogP contribution >= 0.6 is 0 Å². The van der Waals surface area contributed by atoms with E-state index in [0.29, 0.717) is 12.1 Å². The second-order valence-corrected chi connectivity index (χ2v) is 4.64. The molecule has 0 amide bonds. The van der Waals surface area contributed by atoms with Gasteiger partial charge in [0.15, 0.2) is 0 Å². The van der Waals surface area contributed by atoms with Crippen LogP contribution in [-0.4, -0.2) is 38.5 Å². The predicted octanol–water partition coefficient (Wildman–Crippen LogP) is 1.82. The summed E-state index contributed by atoms with van der Waals surface area (Å²) in [4.78, 5) is 0. The number of rotatable bonds is 7. The maximum Gasteiger partial charge on any atom is 0.0831 e. The van der Waals surface area contributed by atoms with Crippen molar-refractivity contribution in [3.63, 3.8) is 0 Å². The zero-order valence-electron chi connectivity index (χ0n) is 10.3.